The molecule has 0 bridgehead atoms. The molecule has 2 saturated heterocycles. The van der Waals surface area contributed by atoms with Gasteiger partial charge >= 0.3 is 12.1 Å². The highest BCUT2D eigenvalue weighted by molar-refractivity contribution is 5.89. The third-order valence-corrected chi connectivity index (χ3v) is 8.22. The van der Waals surface area contributed by atoms with Crippen molar-refractivity contribution in [3.63, 3.8) is 0 Å². The van der Waals surface area contributed by atoms with Crippen LogP contribution in [0.2, 0.25) is 0 Å². The molecule has 2 aromatic rings. The van der Waals surface area contributed by atoms with Crippen molar-refractivity contribution in [1.29, 1.82) is 0 Å². The first-order chi connectivity index (χ1) is 18.0. The first-order valence-electron chi connectivity index (χ1n) is 13.6. The van der Waals surface area contributed by atoms with Gasteiger partial charge in [0, 0.05) is 58.5 Å². The number of ether oxygens (including phenoxy) is 1. The molecule has 3 fully saturated rings. The van der Waals surface area contributed by atoms with Gasteiger partial charge in [0.1, 0.15) is 11.5 Å². The lowest BCUT2D eigenvalue weighted by Crippen LogP contribution is -2.48. The Kier molecular flexibility index (Phi) is 7.84. The van der Waals surface area contributed by atoms with Crippen molar-refractivity contribution in [2.45, 2.75) is 44.2 Å². The zero-order valence-corrected chi connectivity index (χ0v) is 22.0. The molecule has 8 nitrogen and oxygen atoms in total. The quantitative estimate of drug-likeness (QED) is 0.579. The Hall–Kier alpha value is -3.26. The lowest BCUT2D eigenvalue weighted by Gasteiger charge is -2.32. The minimum absolute atomic E-state index is 0.00303. The molecule has 1 N–H and O–H groups in total. The smallest absolute Gasteiger partial charge is 0.321 e. The molecule has 5 rings (SSSR count). The molecule has 8 heteroatoms. The Morgan fingerprint density at radius 2 is 1.54 bits per heavy atom. The molecule has 198 valence electrons. The van der Waals surface area contributed by atoms with Crippen LogP contribution < -0.4 is 10.1 Å². The zero-order valence-electron chi connectivity index (χ0n) is 22.0. The fraction of sp³-hybridized carbons (Fsp3) is 0.517. The second-order valence-electron chi connectivity index (χ2n) is 10.8. The van der Waals surface area contributed by atoms with Gasteiger partial charge in [0.25, 0.3) is 0 Å². The highest BCUT2D eigenvalue weighted by Gasteiger charge is 2.36. The highest BCUT2D eigenvalue weighted by atomic mass is 16.5. The number of likely N-dealkylation sites (tertiary alicyclic amines) is 2. The number of anilines is 1. The average molecular weight is 506 g/mol. The van der Waals surface area contributed by atoms with Gasteiger partial charge in [-0.2, -0.15) is 0 Å². The van der Waals surface area contributed by atoms with Crippen LogP contribution in [-0.4, -0.2) is 90.6 Å². The first-order valence-corrected chi connectivity index (χ1v) is 13.6. The van der Waals surface area contributed by atoms with Crippen LogP contribution in [0.1, 0.15) is 32.1 Å². The molecule has 37 heavy (non-hydrogen) atoms. The second kappa shape index (κ2) is 11.4. The number of likely N-dealkylation sites (N-methyl/N-ethyl adjacent to an activating group) is 2. The van der Waals surface area contributed by atoms with Crippen molar-refractivity contribution >= 4 is 17.7 Å². The van der Waals surface area contributed by atoms with Crippen molar-refractivity contribution in [2.24, 2.45) is 5.92 Å². The molecule has 2 aliphatic heterocycles. The number of hydrogen-bond donors (Lipinski definition) is 1. The van der Waals surface area contributed by atoms with E-state index in [1.54, 1.807) is 11.9 Å². The van der Waals surface area contributed by atoms with Crippen LogP contribution in [0.4, 0.5) is 15.3 Å². The van der Waals surface area contributed by atoms with Gasteiger partial charge in [-0.1, -0.05) is 24.6 Å². The maximum Gasteiger partial charge on any atom is 0.321 e. The van der Waals surface area contributed by atoms with Gasteiger partial charge in [-0.05, 0) is 68.0 Å². The van der Waals surface area contributed by atoms with Crippen LogP contribution in [0.3, 0.4) is 0 Å². The van der Waals surface area contributed by atoms with E-state index in [0.717, 1.165) is 37.6 Å². The molecule has 1 aliphatic carbocycles. The summed E-state index contributed by atoms with van der Waals surface area (Å²) < 4.78 is 5.82. The number of carbonyl (C=O) groups excluding carboxylic acids is 2. The summed E-state index contributed by atoms with van der Waals surface area (Å²) in [5.41, 5.74) is 0.704. The number of para-hydroxylation sites is 1. The fourth-order valence-electron chi connectivity index (χ4n) is 5.55. The van der Waals surface area contributed by atoms with Crippen molar-refractivity contribution in [3.8, 4) is 11.5 Å². The van der Waals surface area contributed by atoms with E-state index in [1.165, 1.54) is 25.8 Å². The van der Waals surface area contributed by atoms with Crippen LogP contribution >= 0.6 is 0 Å². The number of nitrogens with zero attached hydrogens (tertiary/aromatic N) is 4. The number of urea groups is 2. The molecular weight excluding hydrogens is 466 g/mol. The van der Waals surface area contributed by atoms with Crippen molar-refractivity contribution in [1.82, 2.24) is 19.6 Å². The topological polar surface area (TPSA) is 68.4 Å². The molecule has 2 atom stereocenters. The van der Waals surface area contributed by atoms with Crippen LogP contribution in [-0.2, 0) is 0 Å². The standard InChI is InChI=1S/C29H39N5O3/c1-31(28(35)30-23-11-13-27(14-12-23)37-26-9-4-3-5-10-26)25-16-18-34(21-25)29(36)32(2)24-15-17-33(20-24)19-22-7-6-8-22/h3-5,9-14,22,24-25H,6-8,15-21H2,1-2H3,(H,30,35)/t24-,25?/m1/s1. The normalized spacial score (nSPS) is 21.9. The summed E-state index contributed by atoms with van der Waals surface area (Å²) in [6.07, 6.45) is 5.93. The number of benzene rings is 2. The number of rotatable bonds is 7. The largest absolute Gasteiger partial charge is 0.457 e. The Morgan fingerprint density at radius 3 is 2.24 bits per heavy atom. The van der Waals surface area contributed by atoms with Gasteiger partial charge < -0.3 is 29.7 Å². The third-order valence-electron chi connectivity index (χ3n) is 8.22. The molecule has 2 aromatic carbocycles. The number of hydrogen-bond acceptors (Lipinski definition) is 4. The van der Waals surface area contributed by atoms with E-state index in [1.807, 2.05) is 71.4 Å². The van der Waals surface area contributed by atoms with Gasteiger partial charge in [-0.25, -0.2) is 9.59 Å². The molecule has 2 heterocycles. The number of nitrogens with one attached hydrogen (secondary N) is 1. The van der Waals surface area contributed by atoms with Crippen LogP contribution in [0, 0.1) is 5.92 Å². The van der Waals surface area contributed by atoms with E-state index in [4.69, 9.17) is 4.74 Å². The average Bonchev–Trinajstić information content (AvgIpc) is 3.57. The molecule has 4 amide bonds. The minimum atomic E-state index is -0.174. The number of amides is 4. The predicted molar refractivity (Wildman–Crippen MR) is 145 cm³/mol. The number of carbonyl (C=O) groups is 2. The maximum absolute atomic E-state index is 13.2. The molecule has 0 spiro atoms. The van der Waals surface area contributed by atoms with Crippen LogP contribution in [0.15, 0.2) is 54.6 Å². The highest BCUT2D eigenvalue weighted by Crippen LogP contribution is 2.29. The van der Waals surface area contributed by atoms with Gasteiger partial charge in [0.05, 0.1) is 6.04 Å². The van der Waals surface area contributed by atoms with Gasteiger partial charge in [-0.15, -0.1) is 0 Å². The van der Waals surface area contributed by atoms with Gasteiger partial charge in [-0.3, -0.25) is 0 Å². The minimum Gasteiger partial charge on any atom is -0.457 e. The fourth-order valence-corrected chi connectivity index (χ4v) is 5.55. The Bertz CT molecular complexity index is 1060. The summed E-state index contributed by atoms with van der Waals surface area (Å²) in [4.78, 5) is 34.2. The summed E-state index contributed by atoms with van der Waals surface area (Å²) >= 11 is 0. The van der Waals surface area contributed by atoms with E-state index in [-0.39, 0.29) is 24.1 Å². The molecule has 0 aromatic heterocycles. The van der Waals surface area contributed by atoms with Crippen LogP contribution in [0.25, 0.3) is 0 Å². The summed E-state index contributed by atoms with van der Waals surface area (Å²) in [6, 6.07) is 17.1. The van der Waals surface area contributed by atoms with Gasteiger partial charge in [0.15, 0.2) is 0 Å². The Balaban J connectivity index is 1.08. The van der Waals surface area contributed by atoms with Crippen LogP contribution in [0.5, 0.6) is 11.5 Å². The molecule has 1 unspecified atom stereocenters. The molecule has 3 aliphatic rings. The molecule has 1 saturated carbocycles. The van der Waals surface area contributed by atoms with E-state index >= 15 is 0 Å². The summed E-state index contributed by atoms with van der Waals surface area (Å²) in [5.74, 6) is 2.34. The predicted octanol–water partition coefficient (Wildman–Crippen LogP) is 4.94. The van der Waals surface area contributed by atoms with E-state index < -0.39 is 0 Å². The zero-order chi connectivity index (χ0) is 25.8. The monoisotopic (exact) mass is 505 g/mol. The Labute approximate surface area is 220 Å². The van der Waals surface area contributed by atoms with E-state index in [2.05, 4.69) is 10.2 Å². The van der Waals surface area contributed by atoms with E-state index in [0.29, 0.717) is 24.5 Å². The first kappa shape index (κ1) is 25.4. The summed E-state index contributed by atoms with van der Waals surface area (Å²) in [6.45, 7) is 4.50. The van der Waals surface area contributed by atoms with E-state index in [9.17, 15) is 9.59 Å². The SMILES string of the molecule is CN(C(=O)Nc1ccc(Oc2ccccc2)cc1)C1CCN(C(=O)N(C)[C@@H]2CCN(CC3CCC3)C2)C1. The van der Waals surface area contributed by atoms with Crippen molar-refractivity contribution < 1.29 is 14.3 Å². The molecule has 0 radical (unpaired) electrons. The maximum atomic E-state index is 13.2. The Morgan fingerprint density at radius 1 is 0.865 bits per heavy atom. The third kappa shape index (κ3) is 6.18. The summed E-state index contributed by atoms with van der Waals surface area (Å²) in [5, 5.41) is 2.96. The van der Waals surface area contributed by atoms with Crippen molar-refractivity contribution in [3.05, 3.63) is 54.6 Å². The lowest BCUT2D eigenvalue weighted by atomic mass is 9.85. The summed E-state index contributed by atoms with van der Waals surface area (Å²) in [7, 11) is 3.74. The second-order valence-corrected chi connectivity index (χ2v) is 10.8. The van der Waals surface area contributed by atoms with Crippen molar-refractivity contribution in [2.75, 3.05) is 52.1 Å². The lowest BCUT2D eigenvalue weighted by molar-refractivity contribution is 0.147. The van der Waals surface area contributed by atoms with Gasteiger partial charge in [0.2, 0.25) is 0 Å². The molecular formula is C29H39N5O3.